The molecule has 0 radical (unpaired) electrons. The Morgan fingerprint density at radius 2 is 1.88 bits per heavy atom. The number of hydrogen-bond acceptors (Lipinski definition) is 3. The molecule has 0 unspecified atom stereocenters. The van der Waals surface area contributed by atoms with Gasteiger partial charge < -0.3 is 14.6 Å². The van der Waals surface area contributed by atoms with Crippen LogP contribution in [0.4, 0.5) is 0 Å². The standard InChI is InChI=1S/C19H13BrO4/c20-13-5-4-11-8-12(9-16(19(21)22)15(11)10-13)14-2-1-3-17-18(14)24-7-6-23-17/h1-5,8-10H,6-7H2,(H,21,22). The van der Waals surface area contributed by atoms with Crippen molar-refractivity contribution in [1.29, 1.82) is 0 Å². The fraction of sp³-hybridized carbons (Fsp3) is 0.105. The molecule has 3 aromatic carbocycles. The van der Waals surface area contributed by atoms with Gasteiger partial charge in [0.05, 0.1) is 5.56 Å². The van der Waals surface area contributed by atoms with Crippen LogP contribution in [0.15, 0.2) is 53.0 Å². The minimum Gasteiger partial charge on any atom is -0.486 e. The predicted molar refractivity (Wildman–Crippen MR) is 95.0 cm³/mol. The van der Waals surface area contributed by atoms with Crippen LogP contribution < -0.4 is 9.47 Å². The van der Waals surface area contributed by atoms with Crippen LogP contribution in [-0.2, 0) is 0 Å². The highest BCUT2D eigenvalue weighted by atomic mass is 79.9. The van der Waals surface area contributed by atoms with Crippen LogP contribution in [0.5, 0.6) is 11.5 Å². The SMILES string of the molecule is O=C(O)c1cc(-c2cccc3c2OCCO3)cc2ccc(Br)cc12. The maximum atomic E-state index is 11.7. The average molecular weight is 385 g/mol. The van der Waals surface area contributed by atoms with Crippen LogP contribution >= 0.6 is 15.9 Å². The van der Waals surface area contributed by atoms with E-state index >= 15 is 0 Å². The highest BCUT2D eigenvalue weighted by Crippen LogP contribution is 2.41. The lowest BCUT2D eigenvalue weighted by Crippen LogP contribution is -2.15. The summed E-state index contributed by atoms with van der Waals surface area (Å²) in [5, 5.41) is 11.2. The van der Waals surface area contributed by atoms with E-state index in [0.717, 1.165) is 21.0 Å². The van der Waals surface area contributed by atoms with Crippen molar-refractivity contribution in [1.82, 2.24) is 0 Å². The van der Waals surface area contributed by atoms with E-state index in [1.165, 1.54) is 0 Å². The Kier molecular flexibility index (Phi) is 3.65. The summed E-state index contributed by atoms with van der Waals surface area (Å²) in [5.41, 5.74) is 1.89. The van der Waals surface area contributed by atoms with Crippen molar-refractivity contribution in [2.45, 2.75) is 0 Å². The van der Waals surface area contributed by atoms with Crippen LogP contribution in [-0.4, -0.2) is 24.3 Å². The Hall–Kier alpha value is -2.53. The van der Waals surface area contributed by atoms with Gasteiger partial charge in [0.15, 0.2) is 11.5 Å². The molecule has 0 saturated carbocycles. The minimum atomic E-state index is -0.957. The average Bonchev–Trinajstić information content (AvgIpc) is 2.60. The third-order valence-electron chi connectivity index (χ3n) is 4.02. The molecular weight excluding hydrogens is 372 g/mol. The Morgan fingerprint density at radius 3 is 2.71 bits per heavy atom. The summed E-state index contributed by atoms with van der Waals surface area (Å²) in [6.45, 7) is 0.999. The van der Waals surface area contributed by atoms with Gasteiger partial charge in [-0.15, -0.1) is 0 Å². The molecule has 0 fully saturated rings. The van der Waals surface area contributed by atoms with Crippen molar-refractivity contribution in [2.75, 3.05) is 13.2 Å². The molecule has 0 aliphatic carbocycles. The fourth-order valence-electron chi connectivity index (χ4n) is 2.96. The molecule has 1 N–H and O–H groups in total. The first-order valence-corrected chi connectivity index (χ1v) is 8.28. The highest BCUT2D eigenvalue weighted by molar-refractivity contribution is 9.10. The highest BCUT2D eigenvalue weighted by Gasteiger charge is 2.19. The van der Waals surface area contributed by atoms with Crippen molar-refractivity contribution in [3.8, 4) is 22.6 Å². The molecule has 0 amide bonds. The van der Waals surface area contributed by atoms with E-state index in [0.29, 0.717) is 30.1 Å². The first-order valence-electron chi connectivity index (χ1n) is 7.49. The number of fused-ring (bicyclic) bond motifs is 2. The maximum absolute atomic E-state index is 11.7. The lowest BCUT2D eigenvalue weighted by atomic mass is 9.96. The van der Waals surface area contributed by atoms with Gasteiger partial charge in [0.1, 0.15) is 13.2 Å². The van der Waals surface area contributed by atoms with Crippen molar-refractivity contribution in [3.63, 3.8) is 0 Å². The molecule has 4 rings (SSSR count). The quantitative estimate of drug-likeness (QED) is 0.693. The Balaban J connectivity index is 1.98. The molecule has 1 aliphatic rings. The summed E-state index contributed by atoms with van der Waals surface area (Å²) >= 11 is 3.40. The van der Waals surface area contributed by atoms with Gasteiger partial charge in [0, 0.05) is 10.0 Å². The topological polar surface area (TPSA) is 55.8 Å². The van der Waals surface area contributed by atoms with Gasteiger partial charge in [-0.25, -0.2) is 4.79 Å². The van der Waals surface area contributed by atoms with Gasteiger partial charge in [0.25, 0.3) is 0 Å². The van der Waals surface area contributed by atoms with Crippen LogP contribution in [0.1, 0.15) is 10.4 Å². The van der Waals surface area contributed by atoms with Crippen molar-refractivity contribution in [3.05, 3.63) is 58.6 Å². The molecule has 0 atom stereocenters. The molecule has 4 nitrogen and oxygen atoms in total. The summed E-state index contributed by atoms with van der Waals surface area (Å²) in [6, 6.07) is 14.9. The normalized spacial score (nSPS) is 13.0. The second-order valence-corrected chi connectivity index (χ2v) is 6.44. The van der Waals surface area contributed by atoms with E-state index in [9.17, 15) is 9.90 Å². The number of carbonyl (C=O) groups is 1. The minimum absolute atomic E-state index is 0.262. The number of rotatable bonds is 2. The number of halogens is 1. The zero-order chi connectivity index (χ0) is 16.7. The summed E-state index contributed by atoms with van der Waals surface area (Å²) in [7, 11) is 0. The monoisotopic (exact) mass is 384 g/mol. The first kappa shape index (κ1) is 15.0. The number of carboxylic acids is 1. The summed E-state index contributed by atoms with van der Waals surface area (Å²) in [6.07, 6.45) is 0. The van der Waals surface area contributed by atoms with Gasteiger partial charge in [0.2, 0.25) is 0 Å². The van der Waals surface area contributed by atoms with Gasteiger partial charge in [-0.05, 0) is 46.7 Å². The summed E-state index contributed by atoms with van der Waals surface area (Å²) in [5.74, 6) is 0.394. The Bertz CT molecular complexity index is 965. The lowest BCUT2D eigenvalue weighted by Gasteiger charge is -2.21. The third kappa shape index (κ3) is 2.51. The molecule has 1 heterocycles. The number of aromatic carboxylic acids is 1. The number of ether oxygens (including phenoxy) is 2. The molecule has 120 valence electrons. The molecule has 0 bridgehead atoms. The molecule has 0 spiro atoms. The van der Waals surface area contributed by atoms with Gasteiger partial charge in [-0.2, -0.15) is 0 Å². The van der Waals surface area contributed by atoms with Gasteiger partial charge >= 0.3 is 5.97 Å². The third-order valence-corrected chi connectivity index (χ3v) is 4.52. The van der Waals surface area contributed by atoms with Crippen LogP contribution in [0, 0.1) is 0 Å². The molecule has 5 heteroatoms. The zero-order valence-electron chi connectivity index (χ0n) is 12.6. The molecular formula is C19H13BrO4. The van der Waals surface area contributed by atoms with Crippen molar-refractivity contribution >= 4 is 32.7 Å². The zero-order valence-corrected chi connectivity index (χ0v) is 14.2. The number of para-hydroxylation sites is 1. The van der Waals surface area contributed by atoms with Crippen LogP contribution in [0.25, 0.3) is 21.9 Å². The molecule has 1 aliphatic heterocycles. The Labute approximate surface area is 146 Å². The van der Waals surface area contributed by atoms with Gasteiger partial charge in [-0.1, -0.05) is 34.1 Å². The van der Waals surface area contributed by atoms with E-state index in [2.05, 4.69) is 15.9 Å². The molecule has 24 heavy (non-hydrogen) atoms. The van der Waals surface area contributed by atoms with E-state index in [1.807, 2.05) is 42.5 Å². The van der Waals surface area contributed by atoms with Crippen LogP contribution in [0.3, 0.4) is 0 Å². The second-order valence-electron chi connectivity index (χ2n) is 5.52. The first-order chi connectivity index (χ1) is 11.6. The largest absolute Gasteiger partial charge is 0.486 e. The smallest absolute Gasteiger partial charge is 0.336 e. The van der Waals surface area contributed by atoms with Gasteiger partial charge in [-0.3, -0.25) is 0 Å². The number of benzene rings is 3. The summed E-state index contributed by atoms with van der Waals surface area (Å²) < 4.78 is 12.2. The van der Waals surface area contributed by atoms with E-state index < -0.39 is 5.97 Å². The van der Waals surface area contributed by atoms with E-state index in [-0.39, 0.29) is 5.56 Å². The maximum Gasteiger partial charge on any atom is 0.336 e. The van der Waals surface area contributed by atoms with Crippen LogP contribution in [0.2, 0.25) is 0 Å². The molecule has 0 aromatic heterocycles. The van der Waals surface area contributed by atoms with E-state index in [4.69, 9.17) is 9.47 Å². The van der Waals surface area contributed by atoms with E-state index in [1.54, 1.807) is 6.07 Å². The number of hydrogen-bond donors (Lipinski definition) is 1. The lowest BCUT2D eigenvalue weighted by molar-refractivity contribution is 0.0699. The molecule has 3 aromatic rings. The van der Waals surface area contributed by atoms with Crippen molar-refractivity contribution in [2.24, 2.45) is 0 Å². The molecule has 0 saturated heterocycles. The fourth-order valence-corrected chi connectivity index (χ4v) is 3.32. The predicted octanol–water partition coefficient (Wildman–Crippen LogP) is 4.74. The Morgan fingerprint density at radius 1 is 1.04 bits per heavy atom. The summed E-state index contributed by atoms with van der Waals surface area (Å²) in [4.78, 5) is 11.7. The second kappa shape index (κ2) is 5.83. The number of carboxylic acid groups (broad SMARTS) is 1. The van der Waals surface area contributed by atoms with Crippen molar-refractivity contribution < 1.29 is 19.4 Å².